The summed E-state index contributed by atoms with van der Waals surface area (Å²) in [5.41, 5.74) is 1.93. The summed E-state index contributed by atoms with van der Waals surface area (Å²) in [6.45, 7) is 0.895. The predicted molar refractivity (Wildman–Crippen MR) is 81.3 cm³/mol. The van der Waals surface area contributed by atoms with Crippen molar-refractivity contribution in [2.75, 3.05) is 6.54 Å². The predicted octanol–water partition coefficient (Wildman–Crippen LogP) is 3.14. The topological polar surface area (TPSA) is 47.3 Å². The molecule has 2 aromatic carbocycles. The first kappa shape index (κ1) is 15.6. The van der Waals surface area contributed by atoms with Gasteiger partial charge in [-0.25, -0.2) is 8.78 Å². The molecule has 0 spiro atoms. The van der Waals surface area contributed by atoms with E-state index >= 15 is 0 Å². The number of nitriles is 1. The Labute approximate surface area is 133 Å². The van der Waals surface area contributed by atoms with Gasteiger partial charge in [-0.05, 0) is 41.8 Å². The van der Waals surface area contributed by atoms with E-state index in [9.17, 15) is 13.9 Å². The van der Waals surface area contributed by atoms with E-state index in [0.717, 1.165) is 11.1 Å². The largest absolute Gasteiger partial charge is 0.392 e. The summed E-state index contributed by atoms with van der Waals surface area (Å²) >= 11 is 0. The summed E-state index contributed by atoms with van der Waals surface area (Å²) in [6.07, 6.45) is 0.0744. The van der Waals surface area contributed by atoms with Gasteiger partial charge in [-0.3, -0.25) is 4.90 Å². The molecule has 0 unspecified atom stereocenters. The standard InChI is InChI=1S/C18H16F2N2O/c19-15-4-1-12(2-5-15)18-8-17(23)11-22(18)10-13-3-6-16(20)7-14(13)9-21/h1-7,17-18,23H,8,10-11H2/t17-,18-/m1/s1. The van der Waals surface area contributed by atoms with Crippen LogP contribution in [0.4, 0.5) is 8.78 Å². The fraction of sp³-hybridized carbons (Fsp3) is 0.278. The summed E-state index contributed by atoms with van der Waals surface area (Å²) in [4.78, 5) is 2.03. The zero-order valence-electron chi connectivity index (χ0n) is 12.4. The van der Waals surface area contributed by atoms with Crippen LogP contribution in [-0.4, -0.2) is 22.7 Å². The fourth-order valence-corrected chi connectivity index (χ4v) is 3.10. The van der Waals surface area contributed by atoms with E-state index in [-0.39, 0.29) is 11.9 Å². The van der Waals surface area contributed by atoms with Crippen molar-refractivity contribution in [2.24, 2.45) is 0 Å². The quantitative estimate of drug-likeness (QED) is 0.947. The van der Waals surface area contributed by atoms with Crippen LogP contribution in [0.5, 0.6) is 0 Å². The normalized spacial score (nSPS) is 21.3. The van der Waals surface area contributed by atoms with Gasteiger partial charge < -0.3 is 5.11 Å². The average molecular weight is 314 g/mol. The molecule has 0 bridgehead atoms. The number of aliphatic hydroxyl groups excluding tert-OH is 1. The monoisotopic (exact) mass is 314 g/mol. The number of halogens is 2. The van der Waals surface area contributed by atoms with Crippen LogP contribution < -0.4 is 0 Å². The number of hydrogen-bond donors (Lipinski definition) is 1. The lowest BCUT2D eigenvalue weighted by Crippen LogP contribution is -2.24. The van der Waals surface area contributed by atoms with Crippen molar-refractivity contribution in [3.05, 3.63) is 70.8 Å². The molecule has 1 aliphatic heterocycles. The van der Waals surface area contributed by atoms with Crippen molar-refractivity contribution in [3.63, 3.8) is 0 Å². The first-order valence-electron chi connectivity index (χ1n) is 7.43. The molecule has 1 aliphatic rings. The van der Waals surface area contributed by atoms with Gasteiger partial charge in [-0.15, -0.1) is 0 Å². The van der Waals surface area contributed by atoms with Crippen LogP contribution in [0.15, 0.2) is 42.5 Å². The summed E-state index contributed by atoms with van der Waals surface area (Å²) in [6, 6.07) is 12.3. The molecule has 1 fully saturated rings. The zero-order chi connectivity index (χ0) is 16.4. The highest BCUT2D eigenvalue weighted by atomic mass is 19.1. The Hall–Kier alpha value is -2.29. The molecule has 1 N–H and O–H groups in total. The van der Waals surface area contributed by atoms with E-state index in [1.807, 2.05) is 11.0 Å². The van der Waals surface area contributed by atoms with E-state index < -0.39 is 11.9 Å². The van der Waals surface area contributed by atoms with Crippen molar-refractivity contribution in [3.8, 4) is 6.07 Å². The molecule has 118 valence electrons. The van der Waals surface area contributed by atoms with Crippen molar-refractivity contribution in [1.82, 2.24) is 4.90 Å². The van der Waals surface area contributed by atoms with Crippen LogP contribution in [0.1, 0.15) is 29.2 Å². The molecular weight excluding hydrogens is 298 g/mol. The molecule has 23 heavy (non-hydrogen) atoms. The van der Waals surface area contributed by atoms with Gasteiger partial charge in [-0.2, -0.15) is 5.26 Å². The second-order valence-corrected chi connectivity index (χ2v) is 5.80. The Bertz CT molecular complexity index is 740. The summed E-state index contributed by atoms with van der Waals surface area (Å²) < 4.78 is 26.3. The first-order valence-corrected chi connectivity index (χ1v) is 7.43. The Morgan fingerprint density at radius 1 is 1.13 bits per heavy atom. The number of aliphatic hydroxyl groups is 1. The number of nitrogens with zero attached hydrogens (tertiary/aromatic N) is 2. The third-order valence-corrected chi connectivity index (χ3v) is 4.20. The number of rotatable bonds is 3. The Balaban J connectivity index is 1.86. The number of β-amino-alcohol motifs (C(OH)–C–C–N with tert-alkyl or cyclic N) is 1. The Morgan fingerprint density at radius 2 is 1.83 bits per heavy atom. The molecule has 2 atom stereocenters. The maximum absolute atomic E-state index is 13.2. The lowest BCUT2D eigenvalue weighted by Gasteiger charge is -2.25. The molecule has 0 aromatic heterocycles. The maximum Gasteiger partial charge on any atom is 0.124 e. The molecule has 0 radical (unpaired) electrons. The molecule has 5 heteroatoms. The number of likely N-dealkylation sites (tertiary alicyclic amines) is 1. The van der Waals surface area contributed by atoms with Gasteiger partial charge in [-0.1, -0.05) is 18.2 Å². The molecule has 1 saturated heterocycles. The lowest BCUT2D eigenvalue weighted by molar-refractivity contribution is 0.172. The molecule has 3 rings (SSSR count). The van der Waals surface area contributed by atoms with Crippen LogP contribution in [-0.2, 0) is 6.54 Å². The number of hydrogen-bond acceptors (Lipinski definition) is 3. The third-order valence-electron chi connectivity index (χ3n) is 4.20. The lowest BCUT2D eigenvalue weighted by atomic mass is 10.0. The minimum Gasteiger partial charge on any atom is -0.392 e. The zero-order valence-corrected chi connectivity index (χ0v) is 12.4. The second kappa shape index (κ2) is 6.45. The van der Waals surface area contributed by atoms with Crippen molar-refractivity contribution < 1.29 is 13.9 Å². The highest BCUT2D eigenvalue weighted by Crippen LogP contribution is 2.34. The van der Waals surface area contributed by atoms with Crippen LogP contribution in [0, 0.1) is 23.0 Å². The smallest absolute Gasteiger partial charge is 0.124 e. The molecule has 0 aliphatic carbocycles. The van der Waals surface area contributed by atoms with Gasteiger partial charge in [0.2, 0.25) is 0 Å². The molecule has 0 saturated carbocycles. The van der Waals surface area contributed by atoms with Gasteiger partial charge in [0, 0.05) is 19.1 Å². The maximum atomic E-state index is 13.2. The Kier molecular flexibility index (Phi) is 4.37. The first-order chi connectivity index (χ1) is 11.1. The van der Waals surface area contributed by atoms with E-state index in [2.05, 4.69) is 0 Å². The van der Waals surface area contributed by atoms with E-state index in [1.165, 1.54) is 24.3 Å². The van der Waals surface area contributed by atoms with Crippen molar-refractivity contribution >= 4 is 0 Å². The van der Waals surface area contributed by atoms with Gasteiger partial charge in [0.1, 0.15) is 11.6 Å². The molecule has 1 heterocycles. The van der Waals surface area contributed by atoms with Crippen LogP contribution in [0.2, 0.25) is 0 Å². The highest BCUT2D eigenvalue weighted by molar-refractivity contribution is 5.38. The van der Waals surface area contributed by atoms with Gasteiger partial charge in [0.05, 0.1) is 17.7 Å². The van der Waals surface area contributed by atoms with E-state index in [4.69, 9.17) is 5.26 Å². The van der Waals surface area contributed by atoms with Crippen LogP contribution in [0.3, 0.4) is 0 Å². The SMILES string of the molecule is N#Cc1cc(F)ccc1CN1C[C@H](O)C[C@@H]1c1ccc(F)cc1. The summed E-state index contributed by atoms with van der Waals surface area (Å²) in [5, 5.41) is 19.1. The summed E-state index contributed by atoms with van der Waals surface area (Å²) in [5.74, 6) is -0.744. The van der Waals surface area contributed by atoms with Gasteiger partial charge >= 0.3 is 0 Å². The minimum absolute atomic E-state index is 0.0535. The van der Waals surface area contributed by atoms with Crippen LogP contribution >= 0.6 is 0 Å². The molecule has 2 aromatic rings. The number of benzene rings is 2. The Morgan fingerprint density at radius 3 is 2.52 bits per heavy atom. The third kappa shape index (κ3) is 3.39. The molecule has 0 amide bonds. The van der Waals surface area contributed by atoms with E-state index in [0.29, 0.717) is 25.1 Å². The van der Waals surface area contributed by atoms with Gasteiger partial charge in [0.25, 0.3) is 0 Å². The summed E-state index contributed by atoms with van der Waals surface area (Å²) in [7, 11) is 0. The second-order valence-electron chi connectivity index (χ2n) is 5.80. The van der Waals surface area contributed by atoms with E-state index in [1.54, 1.807) is 18.2 Å². The molecular formula is C18H16F2N2O. The van der Waals surface area contributed by atoms with Crippen LogP contribution in [0.25, 0.3) is 0 Å². The highest BCUT2D eigenvalue weighted by Gasteiger charge is 2.32. The van der Waals surface area contributed by atoms with Crippen molar-refractivity contribution in [2.45, 2.75) is 25.1 Å². The average Bonchev–Trinajstić information content (AvgIpc) is 2.90. The fourth-order valence-electron chi connectivity index (χ4n) is 3.10. The molecule has 3 nitrogen and oxygen atoms in total. The minimum atomic E-state index is -0.476. The van der Waals surface area contributed by atoms with Crippen molar-refractivity contribution in [1.29, 1.82) is 5.26 Å². The van der Waals surface area contributed by atoms with Gasteiger partial charge in [0.15, 0.2) is 0 Å².